The minimum Gasteiger partial charge on any atom is -0.389 e. The SMILES string of the molecule is Nc1cc([C@H](CCN2CCC(O)(Cc3ccccc3)CC2)c2ccccc2)c2nn[nH]c2n1. The molecule has 1 aliphatic rings. The molecule has 7 heteroatoms. The summed E-state index contributed by atoms with van der Waals surface area (Å²) in [6.45, 7) is 2.72. The summed E-state index contributed by atoms with van der Waals surface area (Å²) in [5.74, 6) is 0.600. The van der Waals surface area contributed by atoms with Crippen LogP contribution in [0.5, 0.6) is 0 Å². The number of aromatic nitrogens is 4. The molecule has 0 amide bonds. The van der Waals surface area contributed by atoms with Crippen LogP contribution >= 0.6 is 0 Å². The third kappa shape index (κ3) is 4.89. The maximum Gasteiger partial charge on any atom is 0.178 e. The molecule has 2 aromatic carbocycles. The lowest BCUT2D eigenvalue weighted by molar-refractivity contribution is -0.0209. The van der Waals surface area contributed by atoms with E-state index >= 15 is 0 Å². The fourth-order valence-corrected chi connectivity index (χ4v) is 4.99. The number of fused-ring (bicyclic) bond motifs is 1. The molecule has 1 aliphatic heterocycles. The third-order valence-electron chi connectivity index (χ3n) is 6.82. The summed E-state index contributed by atoms with van der Waals surface area (Å²) in [6.07, 6.45) is 3.21. The summed E-state index contributed by atoms with van der Waals surface area (Å²) < 4.78 is 0. The molecule has 7 nitrogen and oxygen atoms in total. The predicted octanol–water partition coefficient (Wildman–Crippen LogP) is 3.53. The van der Waals surface area contributed by atoms with Crippen LogP contribution in [0, 0.1) is 0 Å². The van der Waals surface area contributed by atoms with E-state index in [9.17, 15) is 5.11 Å². The van der Waals surface area contributed by atoms with Crippen molar-refractivity contribution in [3.8, 4) is 0 Å². The van der Waals surface area contributed by atoms with Crippen LogP contribution in [0.25, 0.3) is 11.2 Å². The summed E-state index contributed by atoms with van der Waals surface area (Å²) in [6, 6.07) is 22.7. The number of hydrogen-bond acceptors (Lipinski definition) is 6. The number of anilines is 1. The Hall–Kier alpha value is -3.29. The molecule has 1 atom stereocenters. The van der Waals surface area contributed by atoms with Gasteiger partial charge in [0, 0.05) is 25.4 Å². The van der Waals surface area contributed by atoms with E-state index in [2.05, 4.69) is 61.7 Å². The summed E-state index contributed by atoms with van der Waals surface area (Å²) in [5.41, 5.74) is 10.4. The summed E-state index contributed by atoms with van der Waals surface area (Å²) in [5, 5.41) is 22.2. The number of pyridine rings is 1. The Kier molecular flexibility index (Phi) is 6.07. The predicted molar refractivity (Wildman–Crippen MR) is 130 cm³/mol. The Morgan fingerprint density at radius 1 is 1.03 bits per heavy atom. The molecular weight excluding hydrogens is 412 g/mol. The Morgan fingerprint density at radius 3 is 2.45 bits per heavy atom. The molecule has 0 spiro atoms. The van der Waals surface area contributed by atoms with Crippen molar-refractivity contribution in [1.82, 2.24) is 25.3 Å². The van der Waals surface area contributed by atoms with Gasteiger partial charge in [0.1, 0.15) is 11.3 Å². The molecule has 0 aliphatic carbocycles. The number of piperidine rings is 1. The van der Waals surface area contributed by atoms with E-state index in [1.807, 2.05) is 30.3 Å². The molecule has 4 N–H and O–H groups in total. The highest BCUT2D eigenvalue weighted by atomic mass is 16.3. The fraction of sp³-hybridized carbons (Fsp3) is 0.346. The second-order valence-electron chi connectivity index (χ2n) is 9.13. The number of nitrogens with two attached hydrogens (primary N) is 1. The monoisotopic (exact) mass is 442 g/mol. The van der Waals surface area contributed by atoms with Crippen molar-refractivity contribution >= 4 is 17.0 Å². The zero-order valence-corrected chi connectivity index (χ0v) is 18.7. The maximum absolute atomic E-state index is 11.1. The lowest BCUT2D eigenvalue weighted by atomic mass is 9.84. The first-order chi connectivity index (χ1) is 16.1. The van der Waals surface area contributed by atoms with Crippen molar-refractivity contribution in [3.63, 3.8) is 0 Å². The van der Waals surface area contributed by atoms with Gasteiger partial charge in [0.25, 0.3) is 0 Å². The van der Waals surface area contributed by atoms with Crippen molar-refractivity contribution in [3.05, 3.63) is 83.4 Å². The van der Waals surface area contributed by atoms with Crippen molar-refractivity contribution in [1.29, 1.82) is 0 Å². The molecule has 0 saturated carbocycles. The number of H-pyrrole nitrogens is 1. The maximum atomic E-state index is 11.1. The highest BCUT2D eigenvalue weighted by Crippen LogP contribution is 2.34. The molecule has 0 radical (unpaired) electrons. The Bertz CT molecular complexity index is 1190. The number of nitrogen functional groups attached to an aromatic ring is 1. The largest absolute Gasteiger partial charge is 0.389 e. The lowest BCUT2D eigenvalue weighted by Crippen LogP contribution is -2.46. The van der Waals surface area contributed by atoms with Gasteiger partial charge in [-0.3, -0.25) is 0 Å². The van der Waals surface area contributed by atoms with Crippen LogP contribution in [-0.4, -0.2) is 55.6 Å². The first-order valence-corrected chi connectivity index (χ1v) is 11.6. The van der Waals surface area contributed by atoms with Crippen molar-refractivity contribution in [2.45, 2.75) is 37.2 Å². The number of rotatable bonds is 7. The average Bonchev–Trinajstić information content (AvgIpc) is 3.30. The molecule has 1 saturated heterocycles. The number of benzene rings is 2. The highest BCUT2D eigenvalue weighted by molar-refractivity contribution is 5.77. The number of likely N-dealkylation sites (tertiary alicyclic amines) is 1. The smallest absolute Gasteiger partial charge is 0.178 e. The van der Waals surface area contributed by atoms with Gasteiger partial charge in [-0.05, 0) is 48.6 Å². The van der Waals surface area contributed by atoms with Crippen LogP contribution in [0.3, 0.4) is 0 Å². The van der Waals surface area contributed by atoms with Gasteiger partial charge >= 0.3 is 0 Å². The van der Waals surface area contributed by atoms with Crippen molar-refractivity contribution in [2.75, 3.05) is 25.4 Å². The molecule has 4 aromatic rings. The molecule has 1 fully saturated rings. The average molecular weight is 443 g/mol. The molecule has 0 bridgehead atoms. The van der Waals surface area contributed by atoms with Gasteiger partial charge in [0.15, 0.2) is 5.65 Å². The second kappa shape index (κ2) is 9.29. The van der Waals surface area contributed by atoms with Gasteiger partial charge in [-0.25, -0.2) is 10.1 Å². The van der Waals surface area contributed by atoms with Gasteiger partial charge in [0.05, 0.1) is 5.60 Å². The van der Waals surface area contributed by atoms with E-state index in [4.69, 9.17) is 5.73 Å². The minimum atomic E-state index is -0.622. The number of nitrogens with one attached hydrogen (secondary N) is 1. The summed E-state index contributed by atoms with van der Waals surface area (Å²) >= 11 is 0. The normalized spacial score (nSPS) is 17.2. The summed E-state index contributed by atoms with van der Waals surface area (Å²) in [7, 11) is 0. The van der Waals surface area contributed by atoms with E-state index in [1.54, 1.807) is 0 Å². The molecule has 5 rings (SSSR count). The van der Waals surface area contributed by atoms with Crippen LogP contribution in [0.1, 0.15) is 41.9 Å². The van der Waals surface area contributed by atoms with Crippen LogP contribution in [-0.2, 0) is 6.42 Å². The standard InChI is InChI=1S/C26H30N6O/c27-23-17-22(24-25(28-23)30-31-29-24)21(20-9-5-2-6-10-20)11-14-32-15-12-26(33,13-16-32)18-19-7-3-1-4-8-19/h1-10,17,21,33H,11-16,18H2,(H3,27,28,29,30,31)/t21-/m1/s1. The van der Waals surface area contributed by atoms with Crippen LogP contribution in [0.15, 0.2) is 66.7 Å². The first kappa shape index (κ1) is 21.6. The van der Waals surface area contributed by atoms with E-state index in [-0.39, 0.29) is 5.92 Å². The number of aliphatic hydroxyl groups is 1. The molecule has 2 aromatic heterocycles. The zero-order valence-electron chi connectivity index (χ0n) is 18.7. The van der Waals surface area contributed by atoms with Crippen LogP contribution < -0.4 is 5.73 Å². The van der Waals surface area contributed by atoms with Gasteiger partial charge in [-0.1, -0.05) is 65.9 Å². The Balaban J connectivity index is 1.30. The van der Waals surface area contributed by atoms with Crippen LogP contribution in [0.4, 0.5) is 5.82 Å². The van der Waals surface area contributed by atoms with Gasteiger partial charge in [-0.2, -0.15) is 0 Å². The minimum absolute atomic E-state index is 0.134. The number of nitrogens with zero attached hydrogens (tertiary/aromatic N) is 4. The van der Waals surface area contributed by atoms with Gasteiger partial charge < -0.3 is 15.7 Å². The molecule has 170 valence electrons. The van der Waals surface area contributed by atoms with E-state index in [0.29, 0.717) is 11.5 Å². The lowest BCUT2D eigenvalue weighted by Gasteiger charge is -2.39. The third-order valence-corrected chi connectivity index (χ3v) is 6.82. The number of aromatic amines is 1. The Labute approximate surface area is 193 Å². The molecular formula is C26H30N6O. The molecule has 33 heavy (non-hydrogen) atoms. The zero-order chi connectivity index (χ0) is 22.7. The van der Waals surface area contributed by atoms with Crippen molar-refractivity contribution in [2.24, 2.45) is 0 Å². The molecule has 3 heterocycles. The first-order valence-electron chi connectivity index (χ1n) is 11.6. The Morgan fingerprint density at radius 2 is 1.73 bits per heavy atom. The van der Waals surface area contributed by atoms with Gasteiger partial charge in [-0.15, -0.1) is 5.10 Å². The quantitative estimate of drug-likeness (QED) is 0.405. The topological polar surface area (TPSA) is 104 Å². The van der Waals surface area contributed by atoms with Crippen molar-refractivity contribution < 1.29 is 5.11 Å². The van der Waals surface area contributed by atoms with Crippen LogP contribution in [0.2, 0.25) is 0 Å². The molecule has 0 unspecified atom stereocenters. The fourth-order valence-electron chi connectivity index (χ4n) is 4.99. The highest BCUT2D eigenvalue weighted by Gasteiger charge is 2.32. The van der Waals surface area contributed by atoms with Gasteiger partial charge in [0.2, 0.25) is 0 Å². The van der Waals surface area contributed by atoms with E-state index in [0.717, 1.165) is 56.4 Å². The summed E-state index contributed by atoms with van der Waals surface area (Å²) in [4.78, 5) is 6.79. The van der Waals surface area contributed by atoms with E-state index < -0.39 is 5.60 Å². The number of hydrogen-bond donors (Lipinski definition) is 3. The van der Waals surface area contributed by atoms with E-state index in [1.165, 1.54) is 11.1 Å². The second-order valence-corrected chi connectivity index (χ2v) is 9.13.